The van der Waals surface area contributed by atoms with Gasteiger partial charge in [-0.05, 0) is 38.2 Å². The fourth-order valence-corrected chi connectivity index (χ4v) is 2.79. The minimum Gasteiger partial charge on any atom is -0.477 e. The van der Waals surface area contributed by atoms with Crippen LogP contribution >= 0.6 is 11.6 Å². The molecule has 0 atom stereocenters. The second-order valence-corrected chi connectivity index (χ2v) is 6.81. The van der Waals surface area contributed by atoms with E-state index >= 15 is 0 Å². The molecule has 0 saturated heterocycles. The van der Waals surface area contributed by atoms with Crippen LogP contribution in [0.2, 0.25) is 5.02 Å². The van der Waals surface area contributed by atoms with Gasteiger partial charge in [-0.1, -0.05) is 48.0 Å². The third kappa shape index (κ3) is 4.12. The molecule has 0 amide bonds. The van der Waals surface area contributed by atoms with E-state index in [9.17, 15) is 9.90 Å². The Hall–Kier alpha value is -2.63. The van der Waals surface area contributed by atoms with Gasteiger partial charge < -0.3 is 15.0 Å². The van der Waals surface area contributed by atoms with Gasteiger partial charge in [0.25, 0.3) is 0 Å². The molecule has 0 bridgehead atoms. The van der Waals surface area contributed by atoms with Gasteiger partial charge in [0, 0.05) is 22.7 Å². The first-order valence-electron chi connectivity index (χ1n) is 8.27. The molecular formula is C20H20ClN3O2. The monoisotopic (exact) mass is 369 g/mol. The van der Waals surface area contributed by atoms with Gasteiger partial charge in [-0.2, -0.15) is 0 Å². The number of aromatic nitrogens is 2. The number of nitrogens with zero attached hydrogens (tertiary/aromatic N) is 2. The molecule has 3 aromatic rings. The third-order valence-corrected chi connectivity index (χ3v) is 4.36. The van der Waals surface area contributed by atoms with Gasteiger partial charge in [0.1, 0.15) is 11.5 Å². The largest absolute Gasteiger partial charge is 0.477 e. The lowest BCUT2D eigenvalue weighted by Crippen LogP contribution is -2.14. The van der Waals surface area contributed by atoms with E-state index in [0.717, 1.165) is 18.5 Å². The van der Waals surface area contributed by atoms with Crippen molar-refractivity contribution in [3.8, 4) is 22.6 Å². The molecule has 6 heteroatoms. The standard InChI is InChI=1S/C20H20ClN3O2/c1-24(2)12-11-13-3-5-15(6-4-13)19-22-17(18(23-19)20(25)26)14-7-9-16(21)10-8-14/h3-10H,11-12H2,1-2H3,(H,22,23)(H,25,26). The van der Waals surface area contributed by atoms with E-state index in [1.807, 2.05) is 38.4 Å². The summed E-state index contributed by atoms with van der Waals surface area (Å²) in [4.78, 5) is 21.2. The molecule has 2 N–H and O–H groups in total. The Morgan fingerprint density at radius 3 is 2.27 bits per heavy atom. The number of likely N-dealkylation sites (N-methyl/N-ethyl adjacent to an activating group) is 1. The lowest BCUT2D eigenvalue weighted by atomic mass is 10.1. The highest BCUT2D eigenvalue weighted by molar-refractivity contribution is 6.30. The molecule has 0 unspecified atom stereocenters. The van der Waals surface area contributed by atoms with Crippen molar-refractivity contribution in [1.82, 2.24) is 14.9 Å². The number of carboxylic acid groups (broad SMARTS) is 1. The summed E-state index contributed by atoms with van der Waals surface area (Å²) in [6.45, 7) is 0.976. The fourth-order valence-electron chi connectivity index (χ4n) is 2.66. The second-order valence-electron chi connectivity index (χ2n) is 6.37. The van der Waals surface area contributed by atoms with Crippen molar-refractivity contribution < 1.29 is 9.90 Å². The molecule has 0 aliphatic heterocycles. The van der Waals surface area contributed by atoms with E-state index in [1.165, 1.54) is 5.56 Å². The maximum atomic E-state index is 11.6. The van der Waals surface area contributed by atoms with Crippen molar-refractivity contribution >= 4 is 17.6 Å². The number of halogens is 1. The van der Waals surface area contributed by atoms with Crippen molar-refractivity contribution in [2.75, 3.05) is 20.6 Å². The van der Waals surface area contributed by atoms with Gasteiger partial charge in [0.05, 0.1) is 0 Å². The normalized spacial score (nSPS) is 11.1. The van der Waals surface area contributed by atoms with E-state index in [4.69, 9.17) is 11.6 Å². The van der Waals surface area contributed by atoms with Crippen LogP contribution in [0, 0.1) is 0 Å². The lowest BCUT2D eigenvalue weighted by Gasteiger charge is -2.09. The van der Waals surface area contributed by atoms with Crippen LogP contribution in [0.3, 0.4) is 0 Å². The summed E-state index contributed by atoms with van der Waals surface area (Å²) in [5.41, 5.74) is 3.25. The van der Waals surface area contributed by atoms with Gasteiger partial charge >= 0.3 is 5.97 Å². The highest BCUT2D eigenvalue weighted by Crippen LogP contribution is 2.27. The van der Waals surface area contributed by atoms with Crippen LogP contribution in [0.5, 0.6) is 0 Å². The highest BCUT2D eigenvalue weighted by atomic mass is 35.5. The Labute approximate surface area is 157 Å². The van der Waals surface area contributed by atoms with Crippen LogP contribution in [-0.4, -0.2) is 46.6 Å². The van der Waals surface area contributed by atoms with Crippen molar-refractivity contribution in [3.63, 3.8) is 0 Å². The SMILES string of the molecule is CN(C)CCc1ccc(-c2nc(-c3ccc(Cl)cc3)c(C(=O)O)[nH]2)cc1. The maximum absolute atomic E-state index is 11.6. The number of benzene rings is 2. The first-order valence-corrected chi connectivity index (χ1v) is 8.65. The first kappa shape index (κ1) is 18.2. The average Bonchev–Trinajstić information content (AvgIpc) is 3.06. The minimum absolute atomic E-state index is 0.0685. The number of carbonyl (C=O) groups is 1. The molecule has 0 fully saturated rings. The topological polar surface area (TPSA) is 69.2 Å². The van der Waals surface area contributed by atoms with Crippen molar-refractivity contribution in [1.29, 1.82) is 0 Å². The van der Waals surface area contributed by atoms with Crippen LogP contribution in [-0.2, 0) is 6.42 Å². The zero-order valence-corrected chi connectivity index (χ0v) is 15.4. The summed E-state index contributed by atoms with van der Waals surface area (Å²) in [6.07, 6.45) is 0.960. The zero-order chi connectivity index (χ0) is 18.7. The predicted octanol–water partition coefficient (Wildman–Crippen LogP) is 4.20. The van der Waals surface area contributed by atoms with E-state index in [2.05, 4.69) is 14.9 Å². The van der Waals surface area contributed by atoms with Gasteiger partial charge in [-0.15, -0.1) is 0 Å². The Morgan fingerprint density at radius 1 is 1.08 bits per heavy atom. The quantitative estimate of drug-likeness (QED) is 0.683. The summed E-state index contributed by atoms with van der Waals surface area (Å²) >= 11 is 5.91. The molecule has 5 nitrogen and oxygen atoms in total. The average molecular weight is 370 g/mol. The van der Waals surface area contributed by atoms with Crippen LogP contribution in [0.25, 0.3) is 22.6 Å². The molecule has 3 rings (SSSR count). The number of aromatic amines is 1. The zero-order valence-electron chi connectivity index (χ0n) is 14.7. The molecular weight excluding hydrogens is 350 g/mol. The Bertz CT molecular complexity index is 900. The molecule has 0 aliphatic rings. The van der Waals surface area contributed by atoms with Crippen LogP contribution in [0.15, 0.2) is 48.5 Å². The second kappa shape index (κ2) is 7.72. The van der Waals surface area contributed by atoms with E-state index in [-0.39, 0.29) is 5.69 Å². The van der Waals surface area contributed by atoms with Crippen molar-refractivity contribution in [2.24, 2.45) is 0 Å². The number of nitrogens with one attached hydrogen (secondary N) is 1. The summed E-state index contributed by atoms with van der Waals surface area (Å²) in [7, 11) is 4.09. The molecule has 26 heavy (non-hydrogen) atoms. The molecule has 1 heterocycles. The first-order chi connectivity index (χ1) is 12.4. The summed E-state index contributed by atoms with van der Waals surface area (Å²) < 4.78 is 0. The van der Waals surface area contributed by atoms with E-state index in [0.29, 0.717) is 22.1 Å². The summed E-state index contributed by atoms with van der Waals surface area (Å²) in [5.74, 6) is -0.511. The van der Waals surface area contributed by atoms with Crippen LogP contribution < -0.4 is 0 Å². The minimum atomic E-state index is -1.05. The van der Waals surface area contributed by atoms with Gasteiger partial charge in [0.2, 0.25) is 0 Å². The Balaban J connectivity index is 1.92. The van der Waals surface area contributed by atoms with Crippen molar-refractivity contribution in [3.05, 3.63) is 64.8 Å². The molecule has 0 radical (unpaired) electrons. The Morgan fingerprint density at radius 2 is 1.69 bits per heavy atom. The number of imidazole rings is 1. The molecule has 0 saturated carbocycles. The molecule has 0 spiro atoms. The van der Waals surface area contributed by atoms with E-state index < -0.39 is 5.97 Å². The van der Waals surface area contributed by atoms with Gasteiger partial charge in [0.15, 0.2) is 5.69 Å². The number of hydrogen-bond acceptors (Lipinski definition) is 3. The van der Waals surface area contributed by atoms with Gasteiger partial charge in [-0.25, -0.2) is 9.78 Å². The maximum Gasteiger partial charge on any atom is 0.354 e. The molecule has 2 aromatic carbocycles. The number of aromatic carboxylic acids is 1. The fraction of sp³-hybridized carbons (Fsp3) is 0.200. The number of rotatable bonds is 6. The number of carboxylic acids is 1. The molecule has 0 aliphatic carbocycles. The third-order valence-electron chi connectivity index (χ3n) is 4.11. The number of H-pyrrole nitrogens is 1. The lowest BCUT2D eigenvalue weighted by molar-refractivity contribution is 0.0692. The van der Waals surface area contributed by atoms with Crippen LogP contribution in [0.4, 0.5) is 0 Å². The highest BCUT2D eigenvalue weighted by Gasteiger charge is 2.18. The van der Waals surface area contributed by atoms with E-state index in [1.54, 1.807) is 24.3 Å². The summed E-state index contributed by atoms with van der Waals surface area (Å²) in [6, 6.07) is 15.0. The molecule has 134 valence electrons. The number of hydrogen-bond donors (Lipinski definition) is 2. The van der Waals surface area contributed by atoms with Crippen LogP contribution in [0.1, 0.15) is 16.1 Å². The smallest absolute Gasteiger partial charge is 0.354 e. The Kier molecular flexibility index (Phi) is 5.40. The summed E-state index contributed by atoms with van der Waals surface area (Å²) in [5, 5.41) is 10.1. The molecule has 1 aromatic heterocycles. The van der Waals surface area contributed by atoms with Crippen molar-refractivity contribution in [2.45, 2.75) is 6.42 Å². The van der Waals surface area contributed by atoms with Gasteiger partial charge in [-0.3, -0.25) is 0 Å². The predicted molar refractivity (Wildman–Crippen MR) is 104 cm³/mol.